The molecule has 3 heteroatoms. The van der Waals surface area contributed by atoms with Gasteiger partial charge in [0, 0.05) is 18.8 Å². The molecule has 0 amide bonds. The lowest BCUT2D eigenvalue weighted by Gasteiger charge is -2.27. The summed E-state index contributed by atoms with van der Waals surface area (Å²) in [5, 5.41) is 9.19. The number of carboxylic acid groups (broad SMARTS) is 1. The summed E-state index contributed by atoms with van der Waals surface area (Å²) in [6.07, 6.45) is 6.15. The quantitative estimate of drug-likeness (QED) is 0.631. The fourth-order valence-electron chi connectivity index (χ4n) is 2.56. The first-order valence-electron chi connectivity index (χ1n) is 8.50. The number of hydrogen-bond acceptors (Lipinski definition) is 2. The van der Waals surface area contributed by atoms with Crippen LogP contribution >= 0.6 is 0 Å². The fraction of sp³-hybridized carbons (Fsp3) is 0.632. The first-order chi connectivity index (χ1) is 10.5. The van der Waals surface area contributed by atoms with Crippen molar-refractivity contribution in [2.24, 2.45) is 5.92 Å². The van der Waals surface area contributed by atoms with Crippen molar-refractivity contribution in [3.8, 4) is 0 Å². The number of unbranched alkanes of at least 4 members (excludes halogenated alkanes) is 4. The highest BCUT2D eigenvalue weighted by Gasteiger charge is 2.16. The van der Waals surface area contributed by atoms with E-state index in [1.165, 1.54) is 36.8 Å². The molecule has 1 atom stereocenters. The number of rotatable bonds is 10. The molecule has 1 unspecified atom stereocenters. The Balaban J connectivity index is 2.72. The topological polar surface area (TPSA) is 40.5 Å². The van der Waals surface area contributed by atoms with Crippen molar-refractivity contribution < 1.29 is 9.90 Å². The number of carboxylic acids is 1. The van der Waals surface area contributed by atoms with Crippen LogP contribution in [0.1, 0.15) is 57.1 Å². The van der Waals surface area contributed by atoms with Crippen LogP contribution in [0.3, 0.4) is 0 Å². The Morgan fingerprint density at radius 1 is 1.14 bits per heavy atom. The third-order valence-electron chi connectivity index (χ3n) is 4.30. The molecule has 0 fully saturated rings. The van der Waals surface area contributed by atoms with E-state index in [4.69, 9.17) is 0 Å². The average Bonchev–Trinajstić information content (AvgIpc) is 2.48. The zero-order valence-electron chi connectivity index (χ0n) is 14.6. The molecule has 0 aliphatic carbocycles. The minimum atomic E-state index is -0.722. The van der Waals surface area contributed by atoms with Crippen LogP contribution < -0.4 is 4.90 Å². The van der Waals surface area contributed by atoms with Crippen molar-refractivity contribution in [2.75, 3.05) is 18.0 Å². The first-order valence-corrected chi connectivity index (χ1v) is 8.50. The van der Waals surface area contributed by atoms with Gasteiger partial charge in [-0.3, -0.25) is 4.79 Å². The smallest absolute Gasteiger partial charge is 0.308 e. The summed E-state index contributed by atoms with van der Waals surface area (Å²) in [6.45, 7) is 9.73. The fourth-order valence-corrected chi connectivity index (χ4v) is 2.56. The van der Waals surface area contributed by atoms with E-state index in [9.17, 15) is 9.90 Å². The molecule has 1 aromatic rings. The maximum absolute atomic E-state index is 11.2. The van der Waals surface area contributed by atoms with Crippen LogP contribution in [0.15, 0.2) is 18.2 Å². The Morgan fingerprint density at radius 3 is 2.41 bits per heavy atom. The summed E-state index contributed by atoms with van der Waals surface area (Å²) in [6, 6.07) is 6.42. The zero-order chi connectivity index (χ0) is 16.5. The summed E-state index contributed by atoms with van der Waals surface area (Å²) in [5.74, 6) is -1.07. The van der Waals surface area contributed by atoms with Crippen LogP contribution in [0.2, 0.25) is 0 Å². The van der Waals surface area contributed by atoms with E-state index in [0.29, 0.717) is 6.54 Å². The highest BCUT2D eigenvalue weighted by molar-refractivity contribution is 5.70. The maximum atomic E-state index is 11.2. The highest BCUT2D eigenvalue weighted by Crippen LogP contribution is 2.21. The van der Waals surface area contributed by atoms with Crippen molar-refractivity contribution in [2.45, 2.75) is 59.8 Å². The van der Waals surface area contributed by atoms with Gasteiger partial charge < -0.3 is 10.0 Å². The average molecular weight is 305 g/mol. The van der Waals surface area contributed by atoms with Gasteiger partial charge in [-0.2, -0.15) is 0 Å². The number of aliphatic carboxylic acids is 1. The Labute approximate surface area is 135 Å². The van der Waals surface area contributed by atoms with Gasteiger partial charge in [0.1, 0.15) is 0 Å². The van der Waals surface area contributed by atoms with E-state index in [1.54, 1.807) is 6.92 Å². The van der Waals surface area contributed by atoms with E-state index < -0.39 is 5.97 Å². The lowest BCUT2D eigenvalue weighted by molar-refractivity contribution is -0.140. The van der Waals surface area contributed by atoms with Gasteiger partial charge in [0.05, 0.1) is 5.92 Å². The van der Waals surface area contributed by atoms with Crippen LogP contribution in [-0.4, -0.2) is 24.2 Å². The van der Waals surface area contributed by atoms with Crippen molar-refractivity contribution in [1.82, 2.24) is 0 Å². The van der Waals surface area contributed by atoms with E-state index in [0.717, 1.165) is 18.7 Å². The van der Waals surface area contributed by atoms with Crippen molar-refractivity contribution >= 4 is 11.7 Å². The van der Waals surface area contributed by atoms with E-state index in [2.05, 4.69) is 43.9 Å². The van der Waals surface area contributed by atoms with Crippen molar-refractivity contribution in [3.05, 3.63) is 29.3 Å². The van der Waals surface area contributed by atoms with Crippen molar-refractivity contribution in [1.29, 1.82) is 0 Å². The molecule has 1 N–H and O–H groups in total. The zero-order valence-corrected chi connectivity index (χ0v) is 14.6. The molecule has 1 aromatic carbocycles. The molecule has 0 saturated carbocycles. The second-order valence-corrected chi connectivity index (χ2v) is 6.37. The Hall–Kier alpha value is -1.51. The van der Waals surface area contributed by atoms with Crippen LogP contribution in [0.25, 0.3) is 0 Å². The summed E-state index contributed by atoms with van der Waals surface area (Å²) in [4.78, 5) is 13.4. The number of benzene rings is 1. The van der Waals surface area contributed by atoms with Gasteiger partial charge >= 0.3 is 5.97 Å². The first kappa shape index (κ1) is 18.5. The molecule has 0 heterocycles. The van der Waals surface area contributed by atoms with Gasteiger partial charge in [0.15, 0.2) is 0 Å². The third kappa shape index (κ3) is 6.08. The molecule has 124 valence electrons. The minimum absolute atomic E-state index is 0.350. The molecule has 0 radical (unpaired) electrons. The lowest BCUT2D eigenvalue weighted by atomic mass is 10.1. The monoisotopic (exact) mass is 305 g/mol. The number of aryl methyl sites for hydroxylation is 2. The predicted molar refractivity (Wildman–Crippen MR) is 93.7 cm³/mol. The van der Waals surface area contributed by atoms with E-state index >= 15 is 0 Å². The third-order valence-corrected chi connectivity index (χ3v) is 4.30. The molecule has 0 aromatic heterocycles. The second kappa shape index (κ2) is 9.50. The van der Waals surface area contributed by atoms with Gasteiger partial charge in [0.2, 0.25) is 0 Å². The van der Waals surface area contributed by atoms with Crippen LogP contribution in [-0.2, 0) is 4.79 Å². The van der Waals surface area contributed by atoms with Crippen molar-refractivity contribution in [3.63, 3.8) is 0 Å². The molecule has 0 spiro atoms. The Morgan fingerprint density at radius 2 is 1.82 bits per heavy atom. The van der Waals surface area contributed by atoms with Gasteiger partial charge in [-0.1, -0.05) is 45.6 Å². The molecular formula is C19H31NO2. The van der Waals surface area contributed by atoms with Gasteiger partial charge in [-0.05, 0) is 43.5 Å². The molecule has 0 aliphatic rings. The summed E-state index contributed by atoms with van der Waals surface area (Å²) in [5.41, 5.74) is 3.68. The van der Waals surface area contributed by atoms with E-state index in [-0.39, 0.29) is 5.92 Å². The second-order valence-electron chi connectivity index (χ2n) is 6.37. The standard InChI is InChI=1S/C19H31NO2/c1-5-6-7-8-9-12-20(14-17(4)19(21)22)18-11-10-15(2)16(3)13-18/h10-11,13,17H,5-9,12,14H2,1-4H3,(H,21,22). The minimum Gasteiger partial charge on any atom is -0.481 e. The molecule has 3 nitrogen and oxygen atoms in total. The Bertz CT molecular complexity index is 471. The molecule has 0 aliphatic heterocycles. The number of nitrogens with zero attached hydrogens (tertiary/aromatic N) is 1. The number of hydrogen-bond donors (Lipinski definition) is 1. The lowest BCUT2D eigenvalue weighted by Crippen LogP contribution is -2.32. The summed E-state index contributed by atoms with van der Waals surface area (Å²) in [7, 11) is 0. The largest absolute Gasteiger partial charge is 0.481 e. The number of anilines is 1. The van der Waals surface area contributed by atoms with Crippen LogP contribution in [0.5, 0.6) is 0 Å². The van der Waals surface area contributed by atoms with Crippen LogP contribution in [0, 0.1) is 19.8 Å². The molecule has 1 rings (SSSR count). The summed E-state index contributed by atoms with van der Waals surface area (Å²) >= 11 is 0. The van der Waals surface area contributed by atoms with Crippen LogP contribution in [0.4, 0.5) is 5.69 Å². The Kier molecular flexibility index (Phi) is 8.00. The highest BCUT2D eigenvalue weighted by atomic mass is 16.4. The van der Waals surface area contributed by atoms with Gasteiger partial charge in [-0.15, -0.1) is 0 Å². The normalized spacial score (nSPS) is 12.2. The summed E-state index contributed by atoms with van der Waals surface area (Å²) < 4.78 is 0. The predicted octanol–water partition coefficient (Wildman–Crippen LogP) is 4.80. The SMILES string of the molecule is CCCCCCCN(CC(C)C(=O)O)c1ccc(C)c(C)c1. The maximum Gasteiger partial charge on any atom is 0.308 e. The molecule has 0 bridgehead atoms. The van der Waals surface area contributed by atoms with Gasteiger partial charge in [-0.25, -0.2) is 0 Å². The van der Waals surface area contributed by atoms with E-state index in [1.807, 2.05) is 0 Å². The molecule has 22 heavy (non-hydrogen) atoms. The molecule has 0 saturated heterocycles. The number of carbonyl (C=O) groups is 1. The van der Waals surface area contributed by atoms with Gasteiger partial charge in [0.25, 0.3) is 0 Å². The molecular weight excluding hydrogens is 274 g/mol.